The lowest BCUT2D eigenvalue weighted by molar-refractivity contribution is -0.274. The zero-order valence-electron chi connectivity index (χ0n) is 25.7. The number of halogens is 4. The van der Waals surface area contributed by atoms with E-state index >= 15 is 4.39 Å². The molecule has 1 saturated heterocycles. The number of alkyl halides is 4. The number of urea groups is 1. The standard InChI is InChI=1S/C32H30F4N6O4S/c1-18(2)25-15-24(45-4)13-14-26(25)42-27(43)16-47-31(42)39-30(44)38-19(3)28(33)20-5-7-21(8-6-20)29-37-17-41(40-29)22-9-11-23(12-10-22)46-32(34,35)36/h5-15,17-19,28H,16H2,1-4H3,(H,38,44). The Balaban J connectivity index is 1.24. The Morgan fingerprint density at radius 1 is 1.02 bits per heavy atom. The summed E-state index contributed by atoms with van der Waals surface area (Å²) in [6, 6.07) is 15.1. The summed E-state index contributed by atoms with van der Waals surface area (Å²) in [5.41, 5.74) is 2.78. The minimum atomic E-state index is -4.79. The Bertz CT molecular complexity index is 1780. The van der Waals surface area contributed by atoms with Crippen molar-refractivity contribution in [1.29, 1.82) is 0 Å². The van der Waals surface area contributed by atoms with E-state index < -0.39 is 24.6 Å². The summed E-state index contributed by atoms with van der Waals surface area (Å²) in [5.74, 6) is 0.533. The third kappa shape index (κ3) is 7.91. The van der Waals surface area contributed by atoms with Crippen LogP contribution < -0.4 is 19.7 Å². The van der Waals surface area contributed by atoms with Crippen molar-refractivity contribution in [3.8, 4) is 28.6 Å². The van der Waals surface area contributed by atoms with Crippen LogP contribution in [0.4, 0.5) is 28.0 Å². The zero-order valence-corrected chi connectivity index (χ0v) is 26.5. The highest BCUT2D eigenvalue weighted by Crippen LogP contribution is 2.36. The molecule has 1 aliphatic rings. The van der Waals surface area contributed by atoms with Gasteiger partial charge >= 0.3 is 12.4 Å². The van der Waals surface area contributed by atoms with Crippen LogP contribution in [0.1, 0.15) is 44.0 Å². The number of nitrogens with one attached hydrogen (secondary N) is 1. The van der Waals surface area contributed by atoms with Crippen LogP contribution in [0, 0.1) is 0 Å². The summed E-state index contributed by atoms with van der Waals surface area (Å²) in [6.07, 6.45) is -4.98. The van der Waals surface area contributed by atoms with Crippen LogP contribution in [0.5, 0.6) is 11.5 Å². The van der Waals surface area contributed by atoms with E-state index in [1.54, 1.807) is 43.5 Å². The zero-order chi connectivity index (χ0) is 33.9. The fourth-order valence-electron chi connectivity index (χ4n) is 4.82. The molecule has 0 saturated carbocycles. The van der Waals surface area contributed by atoms with Gasteiger partial charge in [0.25, 0.3) is 0 Å². The summed E-state index contributed by atoms with van der Waals surface area (Å²) in [7, 11) is 1.56. The highest BCUT2D eigenvalue weighted by molar-refractivity contribution is 8.15. The van der Waals surface area contributed by atoms with E-state index in [4.69, 9.17) is 4.74 Å². The van der Waals surface area contributed by atoms with E-state index in [1.165, 1.54) is 35.0 Å². The monoisotopic (exact) mass is 670 g/mol. The average Bonchev–Trinajstić information content (AvgIpc) is 3.67. The Kier molecular flexibility index (Phi) is 9.84. The molecule has 1 N–H and O–H groups in total. The van der Waals surface area contributed by atoms with Gasteiger partial charge in [-0.1, -0.05) is 49.9 Å². The molecular weight excluding hydrogens is 640 g/mol. The van der Waals surface area contributed by atoms with E-state index in [1.807, 2.05) is 19.9 Å². The third-order valence-electron chi connectivity index (χ3n) is 7.16. The van der Waals surface area contributed by atoms with Crippen LogP contribution >= 0.6 is 11.8 Å². The van der Waals surface area contributed by atoms with Gasteiger partial charge < -0.3 is 14.8 Å². The Morgan fingerprint density at radius 2 is 1.70 bits per heavy atom. The number of rotatable bonds is 9. The smallest absolute Gasteiger partial charge is 0.497 e. The number of thioether (sulfide) groups is 1. The Hall–Kier alpha value is -4.92. The van der Waals surface area contributed by atoms with Gasteiger partial charge in [0.2, 0.25) is 5.91 Å². The first kappa shape index (κ1) is 33.4. The molecule has 47 heavy (non-hydrogen) atoms. The predicted octanol–water partition coefficient (Wildman–Crippen LogP) is 7.21. The summed E-state index contributed by atoms with van der Waals surface area (Å²) < 4.78 is 63.3. The molecule has 2 heterocycles. The van der Waals surface area contributed by atoms with Crippen molar-refractivity contribution in [2.75, 3.05) is 17.8 Å². The van der Waals surface area contributed by atoms with E-state index in [0.717, 1.165) is 29.5 Å². The van der Waals surface area contributed by atoms with E-state index in [-0.39, 0.29) is 28.5 Å². The molecule has 0 aliphatic carbocycles. The number of methoxy groups -OCH3 is 1. The molecule has 0 spiro atoms. The number of hydrogen-bond acceptors (Lipinski definition) is 7. The van der Waals surface area contributed by atoms with Crippen LogP contribution in [0.2, 0.25) is 0 Å². The fraction of sp³-hybridized carbons (Fsp3) is 0.281. The molecule has 2 atom stereocenters. The highest BCUT2D eigenvalue weighted by Gasteiger charge is 2.33. The van der Waals surface area contributed by atoms with Crippen molar-refractivity contribution < 1.29 is 36.6 Å². The van der Waals surface area contributed by atoms with Crippen molar-refractivity contribution in [3.63, 3.8) is 0 Å². The summed E-state index contributed by atoms with van der Waals surface area (Å²) in [4.78, 5) is 35.4. The summed E-state index contributed by atoms with van der Waals surface area (Å²) >= 11 is 1.13. The van der Waals surface area contributed by atoms with Gasteiger partial charge in [0.15, 0.2) is 11.0 Å². The lowest BCUT2D eigenvalue weighted by Crippen LogP contribution is -2.36. The van der Waals surface area contributed by atoms with Crippen LogP contribution in [-0.2, 0) is 4.79 Å². The number of aromatic nitrogens is 3. The molecule has 3 amide bonds. The van der Waals surface area contributed by atoms with Gasteiger partial charge in [0, 0.05) is 5.56 Å². The molecular formula is C32H30F4N6O4S. The SMILES string of the molecule is COc1ccc(N2C(=O)CSC2=NC(=O)NC(C)C(F)c2ccc(-c3ncn(-c4ccc(OC(F)(F)F)cc4)n3)cc2)c(C(C)C)c1. The third-order valence-corrected chi connectivity index (χ3v) is 8.09. The van der Waals surface area contributed by atoms with Crippen molar-refractivity contribution >= 4 is 34.6 Å². The summed E-state index contributed by atoms with van der Waals surface area (Å²) in [5, 5.41) is 7.11. The second-order valence-corrected chi connectivity index (χ2v) is 11.8. The molecule has 1 aromatic heterocycles. The van der Waals surface area contributed by atoms with Crippen LogP contribution in [0.15, 0.2) is 78.0 Å². The number of carbonyl (C=O) groups is 2. The maximum absolute atomic E-state index is 15.5. The van der Waals surface area contributed by atoms with Crippen molar-refractivity contribution in [2.24, 2.45) is 4.99 Å². The number of amides is 3. The number of hydrogen-bond donors (Lipinski definition) is 1. The van der Waals surface area contributed by atoms with Gasteiger partial charge in [-0.3, -0.25) is 9.69 Å². The molecule has 1 aliphatic heterocycles. The largest absolute Gasteiger partial charge is 0.573 e. The second kappa shape index (κ2) is 13.8. The normalized spacial score (nSPS) is 15.6. The van der Waals surface area contributed by atoms with Gasteiger partial charge in [-0.05, 0) is 66.4 Å². The van der Waals surface area contributed by atoms with Crippen molar-refractivity contribution in [1.82, 2.24) is 20.1 Å². The van der Waals surface area contributed by atoms with E-state index in [2.05, 4.69) is 25.1 Å². The summed E-state index contributed by atoms with van der Waals surface area (Å²) in [6.45, 7) is 5.48. The molecule has 15 heteroatoms. The molecule has 10 nitrogen and oxygen atoms in total. The van der Waals surface area contributed by atoms with Gasteiger partial charge in [0.1, 0.15) is 24.0 Å². The lowest BCUT2D eigenvalue weighted by Gasteiger charge is -2.22. The van der Waals surface area contributed by atoms with Crippen LogP contribution in [-0.4, -0.2) is 57.1 Å². The molecule has 0 radical (unpaired) electrons. The number of anilines is 1. The molecule has 1 fully saturated rings. The topological polar surface area (TPSA) is 111 Å². The van der Waals surface area contributed by atoms with Gasteiger partial charge in [-0.25, -0.2) is 18.9 Å². The number of benzene rings is 3. The van der Waals surface area contributed by atoms with E-state index in [9.17, 15) is 22.8 Å². The minimum absolute atomic E-state index is 0.0567. The first-order valence-electron chi connectivity index (χ1n) is 14.4. The Morgan fingerprint density at radius 3 is 2.34 bits per heavy atom. The minimum Gasteiger partial charge on any atom is -0.497 e. The molecule has 2 unspecified atom stereocenters. The fourth-order valence-corrected chi connectivity index (χ4v) is 5.68. The average molecular weight is 671 g/mol. The second-order valence-electron chi connectivity index (χ2n) is 10.8. The first-order valence-corrected chi connectivity index (χ1v) is 15.4. The van der Waals surface area contributed by atoms with Crippen LogP contribution in [0.25, 0.3) is 17.1 Å². The molecule has 0 bridgehead atoms. The van der Waals surface area contributed by atoms with Crippen LogP contribution in [0.3, 0.4) is 0 Å². The maximum Gasteiger partial charge on any atom is 0.573 e. The molecule has 5 rings (SSSR count). The highest BCUT2D eigenvalue weighted by atomic mass is 32.2. The number of ether oxygens (including phenoxy) is 2. The number of aliphatic imine (C=N–C) groups is 1. The van der Waals surface area contributed by atoms with Gasteiger partial charge in [-0.2, -0.15) is 4.99 Å². The van der Waals surface area contributed by atoms with Crippen molar-refractivity contribution in [3.05, 3.63) is 84.2 Å². The van der Waals surface area contributed by atoms with E-state index in [0.29, 0.717) is 34.1 Å². The molecule has 246 valence electrons. The predicted molar refractivity (Wildman–Crippen MR) is 170 cm³/mol. The lowest BCUT2D eigenvalue weighted by atomic mass is 10.00. The number of amidine groups is 1. The van der Waals surface area contributed by atoms with Crippen molar-refractivity contribution in [2.45, 2.75) is 45.3 Å². The molecule has 4 aromatic rings. The number of carbonyl (C=O) groups excluding carboxylic acids is 2. The van der Waals surface area contributed by atoms with Gasteiger partial charge in [0.05, 0.1) is 30.3 Å². The number of nitrogens with zero attached hydrogens (tertiary/aromatic N) is 5. The Labute approximate surface area is 271 Å². The molecule has 3 aromatic carbocycles. The quantitative estimate of drug-likeness (QED) is 0.187. The van der Waals surface area contributed by atoms with Gasteiger partial charge in [-0.15, -0.1) is 18.3 Å². The first-order chi connectivity index (χ1) is 22.3. The maximum atomic E-state index is 15.5.